The number of rotatable bonds is 7. The average molecular weight is 212 g/mol. The van der Waals surface area contributed by atoms with E-state index in [9.17, 15) is 0 Å². The predicted octanol–water partition coefficient (Wildman–Crippen LogP) is 3.66. The first kappa shape index (κ1) is 12.7. The van der Waals surface area contributed by atoms with E-state index in [1.165, 1.54) is 32.1 Å². The highest BCUT2D eigenvalue weighted by Gasteiger charge is 2.17. The summed E-state index contributed by atoms with van der Waals surface area (Å²) in [5.74, 6) is 0. The Morgan fingerprint density at radius 2 is 2.33 bits per heavy atom. The highest BCUT2D eigenvalue weighted by Crippen LogP contribution is 2.18. The van der Waals surface area contributed by atoms with Crippen molar-refractivity contribution in [2.75, 3.05) is 6.61 Å². The Morgan fingerprint density at radius 3 is 2.93 bits per heavy atom. The molecule has 0 aromatic rings. The maximum Gasteiger partial charge on any atom is 0.158 e. The van der Waals surface area contributed by atoms with Crippen LogP contribution >= 0.6 is 0 Å². The van der Waals surface area contributed by atoms with Crippen LogP contribution in [0.2, 0.25) is 0 Å². The van der Waals surface area contributed by atoms with Gasteiger partial charge in [-0.3, -0.25) is 0 Å². The molecule has 2 atom stereocenters. The largest absolute Gasteiger partial charge is 0.353 e. The summed E-state index contributed by atoms with van der Waals surface area (Å²) >= 11 is 0. The second kappa shape index (κ2) is 7.89. The maximum atomic E-state index is 5.85. The lowest BCUT2D eigenvalue weighted by Crippen LogP contribution is -2.26. The molecule has 0 aromatic heterocycles. The molecule has 0 spiro atoms. The van der Waals surface area contributed by atoms with Crippen molar-refractivity contribution in [2.24, 2.45) is 0 Å². The molecule has 0 aliphatic carbocycles. The van der Waals surface area contributed by atoms with Gasteiger partial charge in [0.05, 0.1) is 6.10 Å². The van der Waals surface area contributed by atoms with Crippen molar-refractivity contribution in [2.45, 2.75) is 64.3 Å². The van der Waals surface area contributed by atoms with Crippen LogP contribution in [0.25, 0.3) is 0 Å². The molecule has 0 bridgehead atoms. The van der Waals surface area contributed by atoms with E-state index in [4.69, 9.17) is 9.47 Å². The van der Waals surface area contributed by atoms with E-state index in [-0.39, 0.29) is 12.4 Å². The van der Waals surface area contributed by atoms with Gasteiger partial charge in [0.15, 0.2) is 6.29 Å². The minimum Gasteiger partial charge on any atom is -0.353 e. The van der Waals surface area contributed by atoms with Gasteiger partial charge in [0.2, 0.25) is 0 Å². The molecule has 1 heterocycles. The molecule has 2 nitrogen and oxygen atoms in total. The van der Waals surface area contributed by atoms with E-state index >= 15 is 0 Å². The number of ether oxygens (including phenoxy) is 2. The lowest BCUT2D eigenvalue weighted by Gasteiger charge is -2.26. The van der Waals surface area contributed by atoms with Crippen LogP contribution in [0, 0.1) is 0 Å². The minimum atomic E-state index is 0.0170. The van der Waals surface area contributed by atoms with Crippen LogP contribution in [0.3, 0.4) is 0 Å². The topological polar surface area (TPSA) is 18.5 Å². The fourth-order valence-electron chi connectivity index (χ4n) is 1.85. The molecular weight excluding hydrogens is 188 g/mol. The van der Waals surface area contributed by atoms with E-state index in [0.29, 0.717) is 0 Å². The second-order valence-electron chi connectivity index (χ2n) is 4.20. The first-order valence-electron chi connectivity index (χ1n) is 6.26. The lowest BCUT2D eigenvalue weighted by atomic mass is 10.1. The van der Waals surface area contributed by atoms with Gasteiger partial charge >= 0.3 is 0 Å². The van der Waals surface area contributed by atoms with Crippen molar-refractivity contribution in [3.63, 3.8) is 0 Å². The van der Waals surface area contributed by atoms with Gasteiger partial charge in [-0.25, -0.2) is 0 Å². The van der Waals surface area contributed by atoms with Crippen molar-refractivity contribution in [3.8, 4) is 0 Å². The highest BCUT2D eigenvalue weighted by molar-refractivity contribution is 4.80. The zero-order valence-electron chi connectivity index (χ0n) is 9.91. The van der Waals surface area contributed by atoms with Crippen LogP contribution in [-0.2, 0) is 9.47 Å². The number of unbranched alkanes of at least 4 members (excludes halogenated alkanes) is 2. The predicted molar refractivity (Wildman–Crippen MR) is 62.8 cm³/mol. The van der Waals surface area contributed by atoms with Crippen molar-refractivity contribution in [3.05, 3.63) is 12.7 Å². The smallest absolute Gasteiger partial charge is 0.158 e. The fourth-order valence-corrected chi connectivity index (χ4v) is 1.85. The van der Waals surface area contributed by atoms with Crippen LogP contribution in [0.5, 0.6) is 0 Å². The van der Waals surface area contributed by atoms with Crippen LogP contribution in [0.1, 0.15) is 51.9 Å². The highest BCUT2D eigenvalue weighted by atomic mass is 16.7. The Labute approximate surface area is 93.7 Å². The van der Waals surface area contributed by atoms with Gasteiger partial charge in [0.25, 0.3) is 0 Å². The van der Waals surface area contributed by atoms with E-state index < -0.39 is 0 Å². The summed E-state index contributed by atoms with van der Waals surface area (Å²) in [5, 5.41) is 0. The zero-order chi connectivity index (χ0) is 10.9. The summed E-state index contributed by atoms with van der Waals surface area (Å²) in [6, 6.07) is 0. The van der Waals surface area contributed by atoms with Crippen molar-refractivity contribution < 1.29 is 9.47 Å². The average Bonchev–Trinajstić information content (AvgIpc) is 2.29. The Hall–Kier alpha value is -0.340. The Morgan fingerprint density at radius 1 is 1.47 bits per heavy atom. The van der Waals surface area contributed by atoms with Gasteiger partial charge in [0.1, 0.15) is 0 Å². The Balaban J connectivity index is 2.16. The zero-order valence-corrected chi connectivity index (χ0v) is 9.91. The van der Waals surface area contributed by atoms with Crippen molar-refractivity contribution in [1.82, 2.24) is 0 Å². The van der Waals surface area contributed by atoms with Crippen LogP contribution in [0.15, 0.2) is 12.7 Å². The summed E-state index contributed by atoms with van der Waals surface area (Å²) in [6.45, 7) is 6.89. The molecule has 1 aliphatic rings. The SMILES string of the molecule is C=C[C@@H](CCCCC)OC1CCCCO1. The van der Waals surface area contributed by atoms with Crippen LogP contribution < -0.4 is 0 Å². The summed E-state index contributed by atoms with van der Waals surface area (Å²) in [7, 11) is 0. The summed E-state index contributed by atoms with van der Waals surface area (Å²) < 4.78 is 11.4. The molecule has 88 valence electrons. The molecule has 1 aliphatic heterocycles. The van der Waals surface area contributed by atoms with Gasteiger partial charge in [-0.05, 0) is 25.7 Å². The quantitative estimate of drug-likeness (QED) is 0.473. The Bertz CT molecular complexity index is 162. The molecule has 0 aromatic carbocycles. The molecule has 0 N–H and O–H groups in total. The van der Waals surface area contributed by atoms with Gasteiger partial charge in [-0.2, -0.15) is 0 Å². The fraction of sp³-hybridized carbons (Fsp3) is 0.846. The molecule has 1 unspecified atom stereocenters. The van der Waals surface area contributed by atoms with E-state index in [2.05, 4.69) is 13.5 Å². The summed E-state index contributed by atoms with van der Waals surface area (Å²) in [5.41, 5.74) is 0. The molecule has 1 saturated heterocycles. The molecule has 1 fully saturated rings. The van der Waals surface area contributed by atoms with Crippen LogP contribution in [-0.4, -0.2) is 19.0 Å². The van der Waals surface area contributed by atoms with Gasteiger partial charge in [-0.1, -0.05) is 32.3 Å². The van der Waals surface area contributed by atoms with E-state index in [0.717, 1.165) is 19.4 Å². The first-order valence-corrected chi connectivity index (χ1v) is 6.26. The summed E-state index contributed by atoms with van der Waals surface area (Å²) in [6.07, 6.45) is 10.4. The third kappa shape index (κ3) is 5.33. The molecule has 15 heavy (non-hydrogen) atoms. The van der Waals surface area contributed by atoms with Gasteiger partial charge in [0, 0.05) is 6.61 Å². The summed E-state index contributed by atoms with van der Waals surface area (Å²) in [4.78, 5) is 0. The molecule has 2 heteroatoms. The molecule has 0 amide bonds. The third-order valence-electron chi connectivity index (χ3n) is 2.82. The van der Waals surface area contributed by atoms with E-state index in [1.807, 2.05) is 6.08 Å². The van der Waals surface area contributed by atoms with Gasteiger partial charge < -0.3 is 9.47 Å². The second-order valence-corrected chi connectivity index (χ2v) is 4.20. The van der Waals surface area contributed by atoms with Crippen molar-refractivity contribution >= 4 is 0 Å². The van der Waals surface area contributed by atoms with Crippen LogP contribution in [0.4, 0.5) is 0 Å². The van der Waals surface area contributed by atoms with Gasteiger partial charge in [-0.15, -0.1) is 6.58 Å². The maximum absolute atomic E-state index is 5.85. The Kier molecular flexibility index (Phi) is 6.69. The number of hydrogen-bond donors (Lipinski definition) is 0. The normalized spacial score (nSPS) is 23.7. The van der Waals surface area contributed by atoms with E-state index in [1.54, 1.807) is 0 Å². The standard InChI is InChI=1S/C13H24O2/c1-3-5-6-9-12(4-2)15-13-10-7-8-11-14-13/h4,12-13H,2-3,5-11H2,1H3/t12-,13?/m0/s1. The minimum absolute atomic E-state index is 0.0170. The monoisotopic (exact) mass is 212 g/mol. The molecule has 0 saturated carbocycles. The number of hydrogen-bond acceptors (Lipinski definition) is 2. The first-order chi connectivity index (χ1) is 7.36. The third-order valence-corrected chi connectivity index (χ3v) is 2.82. The molecule has 1 rings (SSSR count). The lowest BCUT2D eigenvalue weighted by molar-refractivity contribution is -0.179. The molecular formula is C13H24O2. The molecule has 0 radical (unpaired) electrons. The van der Waals surface area contributed by atoms with Crippen molar-refractivity contribution in [1.29, 1.82) is 0 Å².